The van der Waals surface area contributed by atoms with Gasteiger partial charge in [-0.05, 0) is 107 Å². The van der Waals surface area contributed by atoms with E-state index in [2.05, 4.69) is 182 Å². The first-order chi connectivity index (χ1) is 28.3. The number of allylic oxidation sites excluding steroid dienone is 3. The molecule has 0 saturated heterocycles. The first-order valence-corrected chi connectivity index (χ1v) is 19.7. The molecule has 2 aromatic heterocycles. The minimum atomic E-state index is 0.871. The van der Waals surface area contributed by atoms with Gasteiger partial charge in [-0.3, -0.25) is 4.98 Å². The van der Waals surface area contributed by atoms with Gasteiger partial charge in [0.1, 0.15) is 0 Å². The Kier molecular flexibility index (Phi) is 7.02. The molecular weight excluding hydrogens is 689 g/mol. The van der Waals surface area contributed by atoms with Crippen LogP contribution in [0.25, 0.3) is 115 Å². The molecule has 0 radical (unpaired) electrons. The molecule has 0 unspecified atom stereocenters. The van der Waals surface area contributed by atoms with Crippen LogP contribution in [0.15, 0.2) is 188 Å². The second-order valence-corrected chi connectivity index (χ2v) is 15.2. The van der Waals surface area contributed by atoms with E-state index in [0.717, 1.165) is 28.7 Å². The topological polar surface area (TPSA) is 25.8 Å². The van der Waals surface area contributed by atoms with Crippen molar-refractivity contribution in [2.75, 3.05) is 0 Å². The molecule has 0 spiro atoms. The molecule has 0 N–H and O–H groups in total. The standard InChI is InChI=1S/C55H34N2/c1-2-12-44-47(17-3-1)53-40(11-10-30-56-53)33-51(44)39-28-29-41-38(31-39)27-23-35-22-26-37(32-50(35)41)34-20-24-36(25-21-34)54-49-19-9-7-16-46(49)52-45-15-6-4-13-42(45)43-14-5-8-18-48(43)55(52)57-54/h1-16,18-33H,17H2. The molecule has 264 valence electrons. The van der Waals surface area contributed by atoms with Gasteiger partial charge in [-0.25, -0.2) is 4.98 Å². The minimum absolute atomic E-state index is 0.871. The number of rotatable bonds is 3. The predicted octanol–water partition coefficient (Wildman–Crippen LogP) is 14.7. The van der Waals surface area contributed by atoms with Gasteiger partial charge in [0.25, 0.3) is 0 Å². The zero-order valence-corrected chi connectivity index (χ0v) is 31.1. The lowest BCUT2D eigenvalue weighted by Crippen LogP contribution is -1.95. The van der Waals surface area contributed by atoms with Crippen molar-refractivity contribution >= 4 is 81.7 Å². The first kappa shape index (κ1) is 31.9. The average Bonchev–Trinajstić information content (AvgIpc) is 3.55. The van der Waals surface area contributed by atoms with Crippen LogP contribution in [-0.4, -0.2) is 9.97 Å². The van der Waals surface area contributed by atoms with Crippen LogP contribution in [0.1, 0.15) is 11.1 Å². The lowest BCUT2D eigenvalue weighted by Gasteiger charge is -2.15. The van der Waals surface area contributed by atoms with Gasteiger partial charge in [0.15, 0.2) is 0 Å². The normalized spacial score (nSPS) is 12.7. The van der Waals surface area contributed by atoms with Crippen LogP contribution in [0.5, 0.6) is 0 Å². The zero-order chi connectivity index (χ0) is 37.5. The molecule has 0 bridgehead atoms. The number of nitrogens with zero attached hydrogens (tertiary/aromatic N) is 2. The molecule has 0 atom stereocenters. The molecular formula is C55H34N2. The number of aromatic nitrogens is 2. The molecule has 2 heterocycles. The molecule has 0 aliphatic heterocycles. The van der Waals surface area contributed by atoms with E-state index < -0.39 is 0 Å². The quantitative estimate of drug-likeness (QED) is 0.170. The molecule has 11 aromatic rings. The van der Waals surface area contributed by atoms with E-state index in [9.17, 15) is 0 Å². The average molecular weight is 723 g/mol. The van der Waals surface area contributed by atoms with Crippen molar-refractivity contribution in [2.45, 2.75) is 6.42 Å². The van der Waals surface area contributed by atoms with Gasteiger partial charge in [-0.15, -0.1) is 0 Å². The van der Waals surface area contributed by atoms with E-state index in [1.54, 1.807) is 0 Å². The zero-order valence-electron chi connectivity index (χ0n) is 31.1. The summed E-state index contributed by atoms with van der Waals surface area (Å²) in [5.41, 5.74) is 11.7. The summed E-state index contributed by atoms with van der Waals surface area (Å²) < 4.78 is 0. The molecule has 0 saturated carbocycles. The van der Waals surface area contributed by atoms with Gasteiger partial charge in [0, 0.05) is 33.3 Å². The number of hydrogen-bond acceptors (Lipinski definition) is 2. The lowest BCUT2D eigenvalue weighted by atomic mass is 9.89. The Labute approximate surface area is 329 Å². The van der Waals surface area contributed by atoms with E-state index in [1.807, 2.05) is 12.3 Å². The summed E-state index contributed by atoms with van der Waals surface area (Å²) in [6.07, 6.45) is 11.5. The van der Waals surface area contributed by atoms with E-state index >= 15 is 0 Å². The predicted molar refractivity (Wildman–Crippen MR) is 243 cm³/mol. The van der Waals surface area contributed by atoms with Gasteiger partial charge in [-0.1, -0.05) is 164 Å². The highest BCUT2D eigenvalue weighted by Crippen LogP contribution is 2.42. The molecule has 0 fully saturated rings. The number of fused-ring (bicyclic) bond motifs is 14. The monoisotopic (exact) mass is 722 g/mol. The molecule has 57 heavy (non-hydrogen) atoms. The molecule has 0 amide bonds. The summed E-state index contributed by atoms with van der Waals surface area (Å²) in [7, 11) is 0. The Bertz CT molecular complexity index is 3540. The number of hydrogen-bond donors (Lipinski definition) is 0. The number of benzene rings is 9. The maximum atomic E-state index is 5.49. The lowest BCUT2D eigenvalue weighted by molar-refractivity contribution is 1.26. The third-order valence-electron chi connectivity index (χ3n) is 12.1. The molecule has 1 aliphatic carbocycles. The highest BCUT2D eigenvalue weighted by atomic mass is 14.7. The van der Waals surface area contributed by atoms with Crippen molar-refractivity contribution in [1.82, 2.24) is 9.97 Å². The van der Waals surface area contributed by atoms with Crippen LogP contribution in [0, 0.1) is 0 Å². The maximum absolute atomic E-state index is 5.49. The third kappa shape index (κ3) is 4.97. The van der Waals surface area contributed by atoms with Gasteiger partial charge >= 0.3 is 0 Å². The summed E-state index contributed by atoms with van der Waals surface area (Å²) in [5.74, 6) is 0. The van der Waals surface area contributed by atoms with E-state index in [-0.39, 0.29) is 0 Å². The largest absolute Gasteiger partial charge is 0.256 e. The van der Waals surface area contributed by atoms with Crippen LogP contribution in [0.2, 0.25) is 0 Å². The van der Waals surface area contributed by atoms with Crippen molar-refractivity contribution in [1.29, 1.82) is 0 Å². The SMILES string of the molecule is C1=CCc2c(c(-c3ccc4c(ccc5ccc(-c6ccc(-c7nc8c9ccccc9c9ccccc9c8c8ccccc78)cc6)cc54)c3)cc3cccnc23)C=C1. The Hall–Kier alpha value is -7.42. The Morgan fingerprint density at radius 3 is 1.91 bits per heavy atom. The van der Waals surface area contributed by atoms with Crippen molar-refractivity contribution in [3.8, 4) is 33.5 Å². The summed E-state index contributed by atoms with van der Waals surface area (Å²) >= 11 is 0. The minimum Gasteiger partial charge on any atom is -0.256 e. The summed E-state index contributed by atoms with van der Waals surface area (Å²) in [4.78, 5) is 10.3. The van der Waals surface area contributed by atoms with Crippen LogP contribution in [0.4, 0.5) is 0 Å². The van der Waals surface area contributed by atoms with E-state index in [4.69, 9.17) is 9.97 Å². The molecule has 12 rings (SSSR count). The van der Waals surface area contributed by atoms with Crippen molar-refractivity contribution < 1.29 is 0 Å². The first-order valence-electron chi connectivity index (χ1n) is 19.7. The van der Waals surface area contributed by atoms with Gasteiger partial charge in [0.05, 0.1) is 16.7 Å². The van der Waals surface area contributed by atoms with Gasteiger partial charge in [-0.2, -0.15) is 0 Å². The Balaban J connectivity index is 0.965. The summed E-state index contributed by atoms with van der Waals surface area (Å²) in [6, 6.07) is 60.0. The summed E-state index contributed by atoms with van der Waals surface area (Å²) in [6.45, 7) is 0. The van der Waals surface area contributed by atoms with Crippen LogP contribution < -0.4 is 0 Å². The maximum Gasteiger partial charge on any atom is 0.0800 e. The highest BCUT2D eigenvalue weighted by Gasteiger charge is 2.18. The van der Waals surface area contributed by atoms with Crippen LogP contribution in [-0.2, 0) is 6.42 Å². The van der Waals surface area contributed by atoms with Gasteiger partial charge in [0.2, 0.25) is 0 Å². The second kappa shape index (κ2) is 12.6. The number of pyridine rings is 2. The van der Waals surface area contributed by atoms with Gasteiger partial charge < -0.3 is 0 Å². The Morgan fingerprint density at radius 2 is 1.07 bits per heavy atom. The van der Waals surface area contributed by atoms with E-state index in [0.29, 0.717) is 0 Å². The van der Waals surface area contributed by atoms with Crippen molar-refractivity contribution in [3.63, 3.8) is 0 Å². The smallest absolute Gasteiger partial charge is 0.0800 e. The van der Waals surface area contributed by atoms with Crippen molar-refractivity contribution in [3.05, 3.63) is 199 Å². The fraction of sp³-hybridized carbons (Fsp3) is 0.0182. The van der Waals surface area contributed by atoms with Crippen LogP contribution >= 0.6 is 0 Å². The second-order valence-electron chi connectivity index (χ2n) is 15.2. The molecule has 2 heteroatoms. The molecule has 2 nitrogen and oxygen atoms in total. The Morgan fingerprint density at radius 1 is 0.404 bits per heavy atom. The van der Waals surface area contributed by atoms with Crippen molar-refractivity contribution in [2.24, 2.45) is 0 Å². The third-order valence-corrected chi connectivity index (χ3v) is 12.1. The van der Waals surface area contributed by atoms with E-state index in [1.165, 1.54) is 98.0 Å². The fourth-order valence-corrected chi connectivity index (χ4v) is 9.40. The van der Waals surface area contributed by atoms with Crippen LogP contribution in [0.3, 0.4) is 0 Å². The summed E-state index contributed by atoms with van der Waals surface area (Å²) in [5, 5.41) is 14.7. The molecule has 1 aliphatic rings. The fourth-order valence-electron chi connectivity index (χ4n) is 9.40. The molecule has 9 aromatic carbocycles. The highest BCUT2D eigenvalue weighted by molar-refractivity contribution is 6.31.